The van der Waals surface area contributed by atoms with Gasteiger partial charge in [-0.2, -0.15) is 0 Å². The maximum absolute atomic E-state index is 12.7. The third-order valence-electron chi connectivity index (χ3n) is 3.53. The number of nitrogens with zero attached hydrogens (tertiary/aromatic N) is 2. The number of aromatic nitrogens is 2. The molecule has 7 heteroatoms. The second kappa shape index (κ2) is 8.53. The van der Waals surface area contributed by atoms with Crippen molar-refractivity contribution in [3.05, 3.63) is 33.6 Å². The first-order chi connectivity index (χ1) is 11.5. The molecule has 0 unspecified atom stereocenters. The minimum absolute atomic E-state index is 0.0506. The largest absolute Gasteiger partial charge is 0.355 e. The predicted molar refractivity (Wildman–Crippen MR) is 99.9 cm³/mol. The summed E-state index contributed by atoms with van der Waals surface area (Å²) in [4.78, 5) is 29.4. The Morgan fingerprint density at radius 3 is 2.79 bits per heavy atom. The third kappa shape index (κ3) is 4.30. The van der Waals surface area contributed by atoms with Crippen molar-refractivity contribution in [3.63, 3.8) is 0 Å². The van der Waals surface area contributed by atoms with E-state index in [0.29, 0.717) is 34.2 Å². The van der Waals surface area contributed by atoms with Gasteiger partial charge in [0.2, 0.25) is 5.91 Å². The molecule has 2 rings (SSSR count). The first-order valence-corrected chi connectivity index (χ1v) is 9.38. The van der Waals surface area contributed by atoms with E-state index < -0.39 is 0 Å². The zero-order valence-electron chi connectivity index (χ0n) is 14.1. The number of rotatable bonds is 7. The predicted octanol–water partition coefficient (Wildman–Crippen LogP) is 3.47. The van der Waals surface area contributed by atoms with Gasteiger partial charge in [-0.15, -0.1) is 0 Å². The normalized spacial score (nSPS) is 12.3. The molecule has 1 aromatic carbocycles. The fourth-order valence-corrected chi connectivity index (χ4v) is 3.41. The summed E-state index contributed by atoms with van der Waals surface area (Å²) in [6.07, 6.45) is 1.70. The van der Waals surface area contributed by atoms with Gasteiger partial charge in [0.1, 0.15) is 0 Å². The molecule has 0 aliphatic heterocycles. The summed E-state index contributed by atoms with van der Waals surface area (Å²) in [6, 6.07) is 5.07. The summed E-state index contributed by atoms with van der Waals surface area (Å²) in [5, 5.41) is 4.17. The Balaban J connectivity index is 2.41. The molecule has 0 saturated carbocycles. The standard InChI is InChI=1S/C17H22ClN3O2S/c1-4-8-19-15(22)11(3)24-17-20-14-10-12(18)6-7-13(14)16(23)21(17)9-5-2/h6-7,10-11H,4-5,8-9H2,1-3H3,(H,19,22)/t11-/m1/s1. The highest BCUT2D eigenvalue weighted by Gasteiger charge is 2.19. The highest BCUT2D eigenvalue weighted by Crippen LogP contribution is 2.24. The van der Waals surface area contributed by atoms with E-state index in [2.05, 4.69) is 10.3 Å². The molecular formula is C17H22ClN3O2S. The molecule has 5 nitrogen and oxygen atoms in total. The molecule has 0 aliphatic rings. The fourth-order valence-electron chi connectivity index (χ4n) is 2.29. The lowest BCUT2D eigenvalue weighted by atomic mass is 10.2. The number of amides is 1. The zero-order chi connectivity index (χ0) is 17.7. The first kappa shape index (κ1) is 18.8. The highest BCUT2D eigenvalue weighted by atomic mass is 35.5. The van der Waals surface area contributed by atoms with Crippen LogP contribution in [-0.2, 0) is 11.3 Å². The van der Waals surface area contributed by atoms with Gasteiger partial charge in [-0.05, 0) is 38.0 Å². The average molecular weight is 368 g/mol. The maximum Gasteiger partial charge on any atom is 0.262 e. The molecule has 0 saturated heterocycles. The van der Waals surface area contributed by atoms with E-state index in [9.17, 15) is 9.59 Å². The van der Waals surface area contributed by atoms with Gasteiger partial charge >= 0.3 is 0 Å². The van der Waals surface area contributed by atoms with Crippen molar-refractivity contribution in [1.29, 1.82) is 0 Å². The quantitative estimate of drug-likeness (QED) is 0.601. The Morgan fingerprint density at radius 2 is 2.12 bits per heavy atom. The molecule has 1 amide bonds. The molecule has 1 atom stereocenters. The Morgan fingerprint density at radius 1 is 1.38 bits per heavy atom. The summed E-state index contributed by atoms with van der Waals surface area (Å²) < 4.78 is 1.64. The molecule has 130 valence electrons. The lowest BCUT2D eigenvalue weighted by Crippen LogP contribution is -2.32. The maximum atomic E-state index is 12.7. The van der Waals surface area contributed by atoms with E-state index >= 15 is 0 Å². The summed E-state index contributed by atoms with van der Waals surface area (Å²) >= 11 is 7.32. The molecule has 1 N–H and O–H groups in total. The van der Waals surface area contributed by atoms with E-state index in [-0.39, 0.29) is 16.7 Å². The first-order valence-electron chi connectivity index (χ1n) is 8.12. The average Bonchev–Trinajstić information content (AvgIpc) is 2.55. The van der Waals surface area contributed by atoms with Gasteiger partial charge in [-0.1, -0.05) is 37.2 Å². The van der Waals surface area contributed by atoms with Crippen molar-refractivity contribution in [2.24, 2.45) is 0 Å². The fraction of sp³-hybridized carbons (Fsp3) is 0.471. The molecule has 0 bridgehead atoms. The number of benzene rings is 1. The monoisotopic (exact) mass is 367 g/mol. The lowest BCUT2D eigenvalue weighted by molar-refractivity contribution is -0.120. The molecular weight excluding hydrogens is 346 g/mol. The van der Waals surface area contributed by atoms with Crippen molar-refractivity contribution < 1.29 is 4.79 Å². The summed E-state index contributed by atoms with van der Waals surface area (Å²) in [7, 11) is 0. The highest BCUT2D eigenvalue weighted by molar-refractivity contribution is 8.00. The van der Waals surface area contributed by atoms with Crippen LogP contribution in [0.1, 0.15) is 33.6 Å². The summed E-state index contributed by atoms with van der Waals surface area (Å²) in [5.41, 5.74) is 0.464. The van der Waals surface area contributed by atoms with Crippen molar-refractivity contribution >= 4 is 40.2 Å². The van der Waals surface area contributed by atoms with Gasteiger partial charge in [-0.25, -0.2) is 4.98 Å². The smallest absolute Gasteiger partial charge is 0.262 e. The summed E-state index contributed by atoms with van der Waals surface area (Å²) in [6.45, 7) is 7.04. The van der Waals surface area contributed by atoms with Crippen LogP contribution in [0, 0.1) is 0 Å². The van der Waals surface area contributed by atoms with E-state index in [1.807, 2.05) is 20.8 Å². The number of thioether (sulfide) groups is 1. The minimum Gasteiger partial charge on any atom is -0.355 e. The van der Waals surface area contributed by atoms with E-state index in [1.165, 1.54) is 11.8 Å². The van der Waals surface area contributed by atoms with Gasteiger partial charge in [-0.3, -0.25) is 14.2 Å². The number of hydrogen-bond acceptors (Lipinski definition) is 4. The van der Waals surface area contributed by atoms with Gasteiger partial charge < -0.3 is 5.32 Å². The SMILES string of the molecule is CCCNC(=O)[C@@H](C)Sc1nc2cc(Cl)ccc2c(=O)n1CCC. The topological polar surface area (TPSA) is 64.0 Å². The van der Waals surface area contributed by atoms with Gasteiger partial charge in [0.15, 0.2) is 5.16 Å². The van der Waals surface area contributed by atoms with Crippen LogP contribution < -0.4 is 10.9 Å². The van der Waals surface area contributed by atoms with Crippen molar-refractivity contribution in [2.75, 3.05) is 6.54 Å². The molecule has 0 radical (unpaired) electrons. The molecule has 1 aromatic heterocycles. The summed E-state index contributed by atoms with van der Waals surface area (Å²) in [5.74, 6) is -0.0506. The van der Waals surface area contributed by atoms with Crippen LogP contribution in [0.2, 0.25) is 5.02 Å². The zero-order valence-corrected chi connectivity index (χ0v) is 15.7. The van der Waals surface area contributed by atoms with Gasteiger partial charge in [0.25, 0.3) is 5.56 Å². The van der Waals surface area contributed by atoms with Crippen molar-refractivity contribution in [1.82, 2.24) is 14.9 Å². The Bertz CT molecular complexity index is 791. The van der Waals surface area contributed by atoms with Crippen molar-refractivity contribution in [2.45, 2.75) is 50.6 Å². The third-order valence-corrected chi connectivity index (χ3v) is 4.86. The van der Waals surface area contributed by atoms with Crippen LogP contribution in [0.5, 0.6) is 0 Å². The molecule has 0 spiro atoms. The molecule has 0 fully saturated rings. The van der Waals surface area contributed by atoms with Crippen LogP contribution in [0.4, 0.5) is 0 Å². The van der Waals surface area contributed by atoms with Crippen LogP contribution >= 0.6 is 23.4 Å². The van der Waals surface area contributed by atoms with Crippen molar-refractivity contribution in [3.8, 4) is 0 Å². The molecule has 1 heterocycles. The molecule has 24 heavy (non-hydrogen) atoms. The lowest BCUT2D eigenvalue weighted by Gasteiger charge is -2.16. The van der Waals surface area contributed by atoms with E-state index in [0.717, 1.165) is 12.8 Å². The van der Waals surface area contributed by atoms with Gasteiger partial charge in [0, 0.05) is 18.1 Å². The molecule has 0 aliphatic carbocycles. The van der Waals surface area contributed by atoms with E-state index in [4.69, 9.17) is 11.6 Å². The van der Waals surface area contributed by atoms with Crippen LogP contribution in [0.15, 0.2) is 28.2 Å². The van der Waals surface area contributed by atoms with E-state index in [1.54, 1.807) is 22.8 Å². The number of fused-ring (bicyclic) bond motifs is 1. The number of carbonyl (C=O) groups excluding carboxylic acids is 1. The van der Waals surface area contributed by atoms with Crippen LogP contribution in [0.25, 0.3) is 10.9 Å². The number of nitrogens with one attached hydrogen (secondary N) is 1. The van der Waals surface area contributed by atoms with Gasteiger partial charge in [0.05, 0.1) is 16.2 Å². The van der Waals surface area contributed by atoms with Crippen LogP contribution in [-0.4, -0.2) is 27.3 Å². The minimum atomic E-state index is -0.330. The second-order valence-corrected chi connectivity index (χ2v) is 7.31. The molecule has 2 aromatic rings. The Labute approximate surface area is 150 Å². The Kier molecular flexibility index (Phi) is 6.69. The number of halogens is 1. The van der Waals surface area contributed by atoms with Crippen LogP contribution in [0.3, 0.4) is 0 Å². The number of carbonyl (C=O) groups is 1. The Hall–Kier alpha value is -1.53. The number of hydrogen-bond donors (Lipinski definition) is 1. The second-order valence-electron chi connectivity index (χ2n) is 5.56.